The molecule has 2 aliphatic heterocycles. The normalized spacial score (nSPS) is 20.4. The van der Waals surface area contributed by atoms with Crippen molar-refractivity contribution >= 4 is 23.3 Å². The highest BCUT2D eigenvalue weighted by Crippen LogP contribution is 2.40. The highest BCUT2D eigenvalue weighted by Gasteiger charge is 2.41. The molecule has 2 fully saturated rings. The van der Waals surface area contributed by atoms with Crippen LogP contribution in [-0.2, 0) is 9.47 Å². The van der Waals surface area contributed by atoms with E-state index in [-0.39, 0.29) is 18.1 Å². The number of methoxy groups -OCH3 is 1. The average Bonchev–Trinajstić information content (AvgIpc) is 3.53. The summed E-state index contributed by atoms with van der Waals surface area (Å²) in [5.74, 6) is -0.367. The highest BCUT2D eigenvalue weighted by molar-refractivity contribution is 7.80. The Morgan fingerprint density at radius 1 is 1.11 bits per heavy atom. The number of rotatable bonds is 8. The topological polar surface area (TPSA) is 71.9 Å². The van der Waals surface area contributed by atoms with E-state index in [1.165, 1.54) is 7.11 Å². The van der Waals surface area contributed by atoms with Crippen molar-refractivity contribution in [3.63, 3.8) is 0 Å². The molecule has 1 aromatic carbocycles. The van der Waals surface area contributed by atoms with E-state index in [4.69, 9.17) is 21.7 Å². The largest absolute Gasteiger partial charge is 0.465 e. The van der Waals surface area contributed by atoms with Gasteiger partial charge in [-0.25, -0.2) is 4.79 Å². The zero-order valence-corrected chi connectivity index (χ0v) is 21.2. The number of nitrogens with zero attached hydrogens (tertiary/aromatic N) is 4. The first-order valence-corrected chi connectivity index (χ1v) is 12.7. The third-order valence-corrected chi connectivity index (χ3v) is 7.18. The minimum atomic E-state index is -0.367. The molecular weight excluding hydrogens is 474 g/mol. The van der Waals surface area contributed by atoms with E-state index in [2.05, 4.69) is 30.7 Å². The number of morpholine rings is 1. The van der Waals surface area contributed by atoms with Crippen molar-refractivity contribution in [1.29, 1.82) is 0 Å². The first-order valence-electron chi connectivity index (χ1n) is 12.3. The number of hydrogen-bond donors (Lipinski definition) is 1. The summed E-state index contributed by atoms with van der Waals surface area (Å²) >= 11 is 5.85. The van der Waals surface area contributed by atoms with Gasteiger partial charge >= 0.3 is 5.97 Å². The van der Waals surface area contributed by atoms with Gasteiger partial charge in [0, 0.05) is 44.3 Å². The molecule has 9 heteroatoms. The number of esters is 1. The SMILES string of the molecule is COC(=O)c1ccccc1-n1cccc1[C@@H]1[C@H](c2ccccn2)NC(=S)N1CCCN1CCOCC1. The van der Waals surface area contributed by atoms with Crippen molar-refractivity contribution in [3.8, 4) is 5.69 Å². The molecule has 36 heavy (non-hydrogen) atoms. The molecule has 0 unspecified atom stereocenters. The smallest absolute Gasteiger partial charge is 0.339 e. The molecule has 8 nitrogen and oxygen atoms in total. The molecule has 0 aliphatic carbocycles. The van der Waals surface area contributed by atoms with Crippen molar-refractivity contribution in [2.75, 3.05) is 46.5 Å². The minimum Gasteiger partial charge on any atom is -0.465 e. The maximum absolute atomic E-state index is 12.6. The lowest BCUT2D eigenvalue weighted by Gasteiger charge is -2.31. The second kappa shape index (κ2) is 11.2. The van der Waals surface area contributed by atoms with E-state index in [1.807, 2.05) is 54.9 Å². The molecule has 2 atom stereocenters. The maximum atomic E-state index is 12.6. The van der Waals surface area contributed by atoms with E-state index in [9.17, 15) is 4.79 Å². The predicted octanol–water partition coefficient (Wildman–Crippen LogP) is 3.35. The fourth-order valence-corrected chi connectivity index (χ4v) is 5.41. The fourth-order valence-electron chi connectivity index (χ4n) is 5.08. The molecule has 2 saturated heterocycles. The Bertz CT molecular complexity index is 1190. The minimum absolute atomic E-state index is 0.0993. The van der Waals surface area contributed by atoms with Crippen LogP contribution in [0.15, 0.2) is 67.0 Å². The molecular formula is C27H31N5O3S. The Labute approximate surface area is 216 Å². The van der Waals surface area contributed by atoms with Crippen LogP contribution in [0, 0.1) is 0 Å². The van der Waals surface area contributed by atoms with E-state index in [0.29, 0.717) is 10.7 Å². The lowest BCUT2D eigenvalue weighted by molar-refractivity contribution is 0.0365. The number of hydrogen-bond acceptors (Lipinski definition) is 6. The first kappa shape index (κ1) is 24.4. The second-order valence-corrected chi connectivity index (χ2v) is 9.33. The maximum Gasteiger partial charge on any atom is 0.339 e. The van der Waals surface area contributed by atoms with Crippen LogP contribution in [0.1, 0.15) is 40.3 Å². The summed E-state index contributed by atoms with van der Waals surface area (Å²) < 4.78 is 12.6. The van der Waals surface area contributed by atoms with Gasteiger partial charge in [-0.3, -0.25) is 9.88 Å². The van der Waals surface area contributed by atoms with E-state index in [1.54, 1.807) is 6.07 Å². The van der Waals surface area contributed by atoms with Gasteiger partial charge in [0.25, 0.3) is 0 Å². The second-order valence-electron chi connectivity index (χ2n) is 8.94. The zero-order valence-electron chi connectivity index (χ0n) is 20.4. The summed E-state index contributed by atoms with van der Waals surface area (Å²) in [5, 5.41) is 4.25. The Balaban J connectivity index is 1.49. The molecule has 1 N–H and O–H groups in total. The highest BCUT2D eigenvalue weighted by atomic mass is 32.1. The van der Waals surface area contributed by atoms with Gasteiger partial charge in [-0.2, -0.15) is 0 Å². The van der Waals surface area contributed by atoms with Gasteiger partial charge < -0.3 is 24.3 Å². The summed E-state index contributed by atoms with van der Waals surface area (Å²) in [6.07, 6.45) is 4.77. The lowest BCUT2D eigenvalue weighted by Crippen LogP contribution is -2.39. The summed E-state index contributed by atoms with van der Waals surface area (Å²) in [7, 11) is 1.41. The molecule has 2 aliphatic rings. The van der Waals surface area contributed by atoms with Gasteiger partial charge in [-0.05, 0) is 55.0 Å². The lowest BCUT2D eigenvalue weighted by atomic mass is 10.0. The molecule has 4 heterocycles. The van der Waals surface area contributed by atoms with Crippen molar-refractivity contribution in [2.45, 2.75) is 18.5 Å². The number of thiocarbonyl (C=S) groups is 1. The van der Waals surface area contributed by atoms with Gasteiger partial charge in [-0.15, -0.1) is 0 Å². The number of nitrogens with one attached hydrogen (secondary N) is 1. The Morgan fingerprint density at radius 2 is 1.92 bits per heavy atom. The van der Waals surface area contributed by atoms with Gasteiger partial charge in [0.05, 0.1) is 49.4 Å². The van der Waals surface area contributed by atoms with Gasteiger partial charge in [-0.1, -0.05) is 18.2 Å². The third kappa shape index (κ3) is 5.00. The average molecular weight is 506 g/mol. The van der Waals surface area contributed by atoms with Crippen molar-refractivity contribution in [2.24, 2.45) is 0 Å². The number of carbonyl (C=O) groups is 1. The summed E-state index contributed by atoms with van der Waals surface area (Å²) in [4.78, 5) is 21.9. The summed E-state index contributed by atoms with van der Waals surface area (Å²) in [6.45, 7) is 5.32. The summed E-state index contributed by atoms with van der Waals surface area (Å²) in [6, 6.07) is 17.3. The van der Waals surface area contributed by atoms with Gasteiger partial charge in [0.15, 0.2) is 5.11 Å². The summed E-state index contributed by atoms with van der Waals surface area (Å²) in [5.41, 5.74) is 3.24. The molecule has 2 aromatic heterocycles. The molecule has 0 radical (unpaired) electrons. The first-order chi connectivity index (χ1) is 17.7. The molecule has 188 valence electrons. The van der Waals surface area contributed by atoms with Crippen molar-refractivity contribution < 1.29 is 14.3 Å². The number of para-hydroxylation sites is 1. The van der Waals surface area contributed by atoms with Gasteiger partial charge in [0.1, 0.15) is 0 Å². The van der Waals surface area contributed by atoms with E-state index in [0.717, 1.165) is 62.9 Å². The van der Waals surface area contributed by atoms with Crippen LogP contribution in [0.25, 0.3) is 5.69 Å². The third-order valence-electron chi connectivity index (χ3n) is 6.83. The van der Waals surface area contributed by atoms with Crippen LogP contribution in [0.5, 0.6) is 0 Å². The fraction of sp³-hybridized carbons (Fsp3) is 0.370. The van der Waals surface area contributed by atoms with Crippen LogP contribution >= 0.6 is 12.2 Å². The number of pyridine rings is 1. The van der Waals surface area contributed by atoms with E-state index < -0.39 is 0 Å². The van der Waals surface area contributed by atoms with Crippen LogP contribution in [0.2, 0.25) is 0 Å². The number of benzene rings is 1. The number of carbonyl (C=O) groups excluding carboxylic acids is 1. The molecule has 0 amide bonds. The molecule has 5 rings (SSSR count). The zero-order chi connectivity index (χ0) is 24.9. The van der Waals surface area contributed by atoms with Crippen molar-refractivity contribution in [1.82, 2.24) is 24.7 Å². The number of ether oxygens (including phenoxy) is 2. The Morgan fingerprint density at radius 3 is 2.69 bits per heavy atom. The van der Waals surface area contributed by atoms with Crippen molar-refractivity contribution in [3.05, 3.63) is 83.9 Å². The quantitative estimate of drug-likeness (QED) is 0.369. The standard InChI is InChI=1S/C27H31N5O3S/c1-34-26(33)20-8-2-3-10-22(20)31-14-6-11-23(31)25-24(21-9-4-5-12-28-21)29-27(36)32(25)15-7-13-30-16-18-35-19-17-30/h2-6,8-12,14,24-25H,7,13,15-19H2,1H3,(H,29,36)/t24-,25+/m0/s1. The van der Waals surface area contributed by atoms with Crippen LogP contribution in [0.3, 0.4) is 0 Å². The molecule has 3 aromatic rings. The van der Waals surface area contributed by atoms with E-state index >= 15 is 0 Å². The number of aromatic nitrogens is 2. The van der Waals surface area contributed by atoms with Gasteiger partial charge in [0.2, 0.25) is 0 Å². The Hall–Kier alpha value is -3.27. The van der Waals surface area contributed by atoms with Crippen LogP contribution in [0.4, 0.5) is 0 Å². The van der Waals surface area contributed by atoms with Crippen LogP contribution < -0.4 is 5.32 Å². The molecule has 0 spiro atoms. The predicted molar refractivity (Wildman–Crippen MR) is 141 cm³/mol. The monoisotopic (exact) mass is 505 g/mol. The van der Waals surface area contributed by atoms with Crippen LogP contribution in [-0.4, -0.2) is 76.9 Å². The Kier molecular flexibility index (Phi) is 7.60. The molecule has 0 saturated carbocycles. The molecule has 0 bridgehead atoms.